The summed E-state index contributed by atoms with van der Waals surface area (Å²) in [5.74, 6) is -1.04. The highest BCUT2D eigenvalue weighted by Gasteiger charge is 2.53. The molecule has 260 valence electrons. The molecule has 1 aliphatic carbocycles. The van der Waals surface area contributed by atoms with E-state index in [2.05, 4.69) is 5.32 Å². The smallest absolute Gasteiger partial charge is 0.338 e. The number of nitrogens with one attached hydrogen (secondary N) is 1. The van der Waals surface area contributed by atoms with Gasteiger partial charge in [0.15, 0.2) is 11.5 Å². The molecule has 48 heavy (non-hydrogen) atoms. The maximum absolute atomic E-state index is 12.9. The lowest BCUT2D eigenvalue weighted by Crippen LogP contribution is -2.67. The molecule has 2 aliphatic heterocycles. The number of methoxy groups -OCH3 is 1. The van der Waals surface area contributed by atoms with Crippen LogP contribution in [-0.2, 0) is 23.7 Å². The fourth-order valence-electron chi connectivity index (χ4n) is 5.68. The molecular weight excluding hydrogens is 634 g/mol. The van der Waals surface area contributed by atoms with Crippen LogP contribution in [0, 0.1) is 0 Å². The lowest BCUT2D eigenvalue weighted by atomic mass is 9.83. The molecule has 0 aromatic heterocycles. The number of hydrogen-bond donors (Lipinski definition) is 7. The van der Waals surface area contributed by atoms with Crippen LogP contribution in [0.1, 0.15) is 29.8 Å². The van der Waals surface area contributed by atoms with Gasteiger partial charge in [0.25, 0.3) is 0 Å². The van der Waals surface area contributed by atoms with Crippen molar-refractivity contribution in [3.05, 3.63) is 70.8 Å². The van der Waals surface area contributed by atoms with Crippen LogP contribution in [0.5, 0.6) is 17.2 Å². The van der Waals surface area contributed by atoms with Crippen LogP contribution >= 0.6 is 0 Å². The Morgan fingerprint density at radius 1 is 0.917 bits per heavy atom. The summed E-state index contributed by atoms with van der Waals surface area (Å²) in [5, 5.41) is 65.7. The van der Waals surface area contributed by atoms with E-state index in [9.17, 15) is 40.2 Å². The average molecular weight is 674 g/mol. The zero-order valence-electron chi connectivity index (χ0n) is 26.3. The highest BCUT2D eigenvalue weighted by molar-refractivity contribution is 5.97. The number of rotatable bonds is 10. The van der Waals surface area contributed by atoms with E-state index in [-0.39, 0.29) is 30.5 Å². The number of amides is 1. The van der Waals surface area contributed by atoms with E-state index in [1.807, 2.05) is 0 Å². The fraction of sp³-hybridized carbons (Fsp3) is 0.455. The summed E-state index contributed by atoms with van der Waals surface area (Å²) >= 11 is 0. The molecule has 0 radical (unpaired) electrons. The number of hydrogen-bond acceptors (Lipinski definition) is 14. The third kappa shape index (κ3) is 7.48. The second-order valence-corrected chi connectivity index (χ2v) is 11.7. The third-order valence-electron chi connectivity index (χ3n) is 8.48. The van der Waals surface area contributed by atoms with Crippen molar-refractivity contribution in [2.75, 3.05) is 20.5 Å². The summed E-state index contributed by atoms with van der Waals surface area (Å²) in [6, 6.07) is 9.36. The Kier molecular flexibility index (Phi) is 11.0. The van der Waals surface area contributed by atoms with Gasteiger partial charge in [0, 0.05) is 5.57 Å². The molecule has 3 aliphatic rings. The molecule has 2 aromatic carbocycles. The van der Waals surface area contributed by atoms with Gasteiger partial charge in [-0.05, 0) is 73.5 Å². The van der Waals surface area contributed by atoms with Crippen molar-refractivity contribution in [2.24, 2.45) is 0 Å². The Labute approximate surface area is 275 Å². The molecule has 1 saturated carbocycles. The molecule has 2 saturated heterocycles. The van der Waals surface area contributed by atoms with Gasteiger partial charge < -0.3 is 64.4 Å². The van der Waals surface area contributed by atoms with Crippen molar-refractivity contribution in [1.82, 2.24) is 5.32 Å². The van der Waals surface area contributed by atoms with Gasteiger partial charge in [-0.3, -0.25) is 4.79 Å². The molecule has 15 heteroatoms. The number of carbonyl (C=O) groups excluding carboxylic acids is 2. The number of benzene rings is 2. The van der Waals surface area contributed by atoms with E-state index in [1.54, 1.807) is 31.2 Å². The lowest BCUT2D eigenvalue weighted by Gasteiger charge is -2.41. The number of phenols is 1. The summed E-state index contributed by atoms with van der Waals surface area (Å²) in [5.41, 5.74) is 1.34. The number of fused-ring (bicyclic) bond motifs is 1. The first-order chi connectivity index (χ1) is 22.9. The standard InChI is InChI=1S/C33H39NO14/c1-15(10-11-44-32(42)18-5-7-19(43-3)8-6-18)28-26(39)27(40)33(48-28)47-21-9-4-17(13-20(21)35)12-16(2)31(41)34-22-23(36)25(38)30-29(24(22)37)45-14-46-30/h4-10,12-13,22-30,33,35-40H,11,14H2,1-3H3,(H,34,41)/t22-,23+,24-,25-,26+,27+,28+,29+,30-,33+/m1/s1. The van der Waals surface area contributed by atoms with Crippen LogP contribution in [0.3, 0.4) is 0 Å². The second-order valence-electron chi connectivity index (χ2n) is 11.7. The summed E-state index contributed by atoms with van der Waals surface area (Å²) in [6.07, 6.45) is -8.29. The monoisotopic (exact) mass is 673 g/mol. The van der Waals surface area contributed by atoms with Crippen LogP contribution in [-0.4, -0.2) is 124 Å². The minimum Gasteiger partial charge on any atom is -0.504 e. The second kappa shape index (κ2) is 15.0. The number of aliphatic hydroxyl groups is 5. The van der Waals surface area contributed by atoms with Crippen LogP contribution in [0.25, 0.3) is 6.08 Å². The SMILES string of the molecule is COc1ccc(C(=O)OCC=C(C)[C@@H]2O[C@H](Oc3ccc(C=C(C)C(=O)N[C@@H]4[C@H](O)[C@@H](O)[C@H]5OCO[C@H]5[C@@H]4O)cc3O)[C@@H](O)[C@@H]2O)cc1. The number of esters is 1. The van der Waals surface area contributed by atoms with Crippen molar-refractivity contribution in [3.8, 4) is 17.2 Å². The van der Waals surface area contributed by atoms with E-state index >= 15 is 0 Å². The molecule has 7 N–H and O–H groups in total. The molecule has 1 amide bonds. The molecule has 2 heterocycles. The maximum atomic E-state index is 12.9. The third-order valence-corrected chi connectivity index (χ3v) is 8.48. The summed E-state index contributed by atoms with van der Waals surface area (Å²) < 4.78 is 32.2. The van der Waals surface area contributed by atoms with E-state index in [1.165, 1.54) is 44.4 Å². The van der Waals surface area contributed by atoms with Crippen molar-refractivity contribution in [2.45, 2.75) is 75.0 Å². The first kappa shape index (κ1) is 35.3. The van der Waals surface area contributed by atoms with Crippen molar-refractivity contribution < 1.29 is 68.6 Å². The first-order valence-electron chi connectivity index (χ1n) is 15.1. The summed E-state index contributed by atoms with van der Waals surface area (Å²) in [7, 11) is 1.51. The van der Waals surface area contributed by atoms with Crippen LogP contribution < -0.4 is 14.8 Å². The number of aliphatic hydroxyl groups excluding tert-OH is 5. The van der Waals surface area contributed by atoms with Gasteiger partial charge in [-0.25, -0.2) is 4.79 Å². The fourth-order valence-corrected chi connectivity index (χ4v) is 5.68. The Hall–Kier alpha value is -4.06. The molecule has 0 bridgehead atoms. The molecule has 0 unspecified atom stereocenters. The van der Waals surface area contributed by atoms with E-state index in [0.29, 0.717) is 22.4 Å². The summed E-state index contributed by atoms with van der Waals surface area (Å²) in [6.45, 7) is 2.83. The molecule has 10 atom stereocenters. The average Bonchev–Trinajstić information content (AvgIpc) is 3.68. The minimum absolute atomic E-state index is 0.0722. The first-order valence-corrected chi connectivity index (χ1v) is 15.1. The highest BCUT2D eigenvalue weighted by Crippen LogP contribution is 2.34. The van der Waals surface area contributed by atoms with Gasteiger partial charge in [0.05, 0.1) is 18.7 Å². The molecule has 0 spiro atoms. The van der Waals surface area contributed by atoms with Crippen molar-refractivity contribution in [3.63, 3.8) is 0 Å². The van der Waals surface area contributed by atoms with Crippen LogP contribution in [0.15, 0.2) is 59.7 Å². The Morgan fingerprint density at radius 3 is 2.27 bits per heavy atom. The number of ether oxygens (including phenoxy) is 6. The minimum atomic E-state index is -1.51. The van der Waals surface area contributed by atoms with Gasteiger partial charge in [-0.2, -0.15) is 0 Å². The van der Waals surface area contributed by atoms with E-state index < -0.39 is 73.0 Å². The van der Waals surface area contributed by atoms with Crippen molar-refractivity contribution in [1.29, 1.82) is 0 Å². The highest BCUT2D eigenvalue weighted by atomic mass is 16.7. The largest absolute Gasteiger partial charge is 0.504 e. The molecule has 3 fully saturated rings. The maximum Gasteiger partial charge on any atom is 0.338 e. The molecule has 2 aromatic rings. The molecular formula is C33H39NO14. The Balaban J connectivity index is 1.16. The van der Waals surface area contributed by atoms with Crippen LogP contribution in [0.4, 0.5) is 0 Å². The Morgan fingerprint density at radius 2 is 1.60 bits per heavy atom. The number of carbonyl (C=O) groups is 2. The zero-order valence-corrected chi connectivity index (χ0v) is 26.3. The molecule has 15 nitrogen and oxygen atoms in total. The normalized spacial score (nSPS) is 32.0. The van der Waals surface area contributed by atoms with Gasteiger partial charge in [0.2, 0.25) is 12.2 Å². The predicted molar refractivity (Wildman–Crippen MR) is 165 cm³/mol. The van der Waals surface area contributed by atoms with Gasteiger partial charge in [0.1, 0.15) is 68.0 Å². The van der Waals surface area contributed by atoms with Crippen molar-refractivity contribution >= 4 is 18.0 Å². The van der Waals surface area contributed by atoms with E-state index in [4.69, 9.17) is 28.4 Å². The number of phenolic OH excluding ortho intramolecular Hbond substituents is 1. The molecule has 5 rings (SSSR count). The lowest BCUT2D eigenvalue weighted by molar-refractivity contribution is -0.155. The van der Waals surface area contributed by atoms with Crippen LogP contribution in [0.2, 0.25) is 0 Å². The van der Waals surface area contributed by atoms with Gasteiger partial charge >= 0.3 is 5.97 Å². The zero-order chi connectivity index (χ0) is 34.7. The quantitative estimate of drug-likeness (QED) is 0.0983. The van der Waals surface area contributed by atoms with E-state index in [0.717, 1.165) is 0 Å². The number of aromatic hydroxyl groups is 1. The van der Waals surface area contributed by atoms with Gasteiger partial charge in [-0.15, -0.1) is 0 Å². The summed E-state index contributed by atoms with van der Waals surface area (Å²) in [4.78, 5) is 25.2. The predicted octanol–water partition coefficient (Wildman–Crippen LogP) is -0.244. The van der Waals surface area contributed by atoms with Gasteiger partial charge in [-0.1, -0.05) is 6.07 Å². The topological polar surface area (TPSA) is 223 Å². The Bertz CT molecular complexity index is 1530.